The molecule has 0 aliphatic carbocycles. The molecular formula is C29H24N4O3S. The number of carbonyl (C=O) groups excluding carboxylic acids is 3. The van der Waals surface area contributed by atoms with Crippen LogP contribution in [-0.2, 0) is 11.3 Å². The zero-order chi connectivity index (χ0) is 25.8. The molecule has 0 radical (unpaired) electrons. The Morgan fingerprint density at radius 3 is 2.41 bits per heavy atom. The second kappa shape index (κ2) is 10.7. The number of carbonyl (C=O) groups is 3. The number of anilines is 1. The van der Waals surface area contributed by atoms with Crippen molar-refractivity contribution in [3.63, 3.8) is 0 Å². The van der Waals surface area contributed by atoms with E-state index in [0.717, 1.165) is 23.0 Å². The Hall–Kier alpha value is -4.35. The first-order valence-electron chi connectivity index (χ1n) is 12.0. The van der Waals surface area contributed by atoms with Crippen LogP contribution >= 0.6 is 11.8 Å². The Kier molecular flexibility index (Phi) is 7.06. The third-order valence-electron chi connectivity index (χ3n) is 6.42. The molecule has 2 aliphatic rings. The highest BCUT2D eigenvalue weighted by Gasteiger charge is 2.35. The van der Waals surface area contributed by atoms with E-state index < -0.39 is 0 Å². The molecule has 8 heteroatoms. The standard InChI is InChI=1S/C29H24N4O3S/c30-19-24-10-4-5-12-25(24)31-13-15-32(16-14-31)27(34)23-11-6-9-22(17-23)18-26-28(35)33(29(36)37-26)20-21-7-2-1-3-8-21/h1-12,17-18H,13-16,20H2/b26-18-. The molecule has 0 spiro atoms. The molecule has 0 atom stereocenters. The van der Waals surface area contributed by atoms with Gasteiger partial charge in [0.2, 0.25) is 0 Å². The Bertz CT molecular complexity index is 1420. The van der Waals surface area contributed by atoms with E-state index in [-0.39, 0.29) is 23.6 Å². The number of hydrogen-bond donors (Lipinski definition) is 0. The highest BCUT2D eigenvalue weighted by molar-refractivity contribution is 8.18. The number of hydrogen-bond acceptors (Lipinski definition) is 6. The lowest BCUT2D eigenvalue weighted by molar-refractivity contribution is -0.123. The second-order valence-corrected chi connectivity index (χ2v) is 9.78. The van der Waals surface area contributed by atoms with Gasteiger partial charge in [0.25, 0.3) is 17.1 Å². The normalized spacial score (nSPS) is 16.8. The highest BCUT2D eigenvalue weighted by atomic mass is 32.2. The molecule has 3 aromatic carbocycles. The number of imide groups is 1. The molecule has 37 heavy (non-hydrogen) atoms. The summed E-state index contributed by atoms with van der Waals surface area (Å²) in [5.41, 5.74) is 3.62. The number of para-hydroxylation sites is 1. The third kappa shape index (κ3) is 5.27. The molecule has 184 valence electrons. The predicted molar refractivity (Wildman–Crippen MR) is 144 cm³/mol. The van der Waals surface area contributed by atoms with Crippen molar-refractivity contribution in [1.29, 1.82) is 5.26 Å². The maximum atomic E-state index is 13.2. The molecule has 0 bridgehead atoms. The first-order chi connectivity index (χ1) is 18.0. The maximum absolute atomic E-state index is 13.2. The van der Waals surface area contributed by atoms with Crippen molar-refractivity contribution in [3.8, 4) is 6.07 Å². The summed E-state index contributed by atoms with van der Waals surface area (Å²) < 4.78 is 0. The highest BCUT2D eigenvalue weighted by Crippen LogP contribution is 2.33. The average Bonchev–Trinajstić information content (AvgIpc) is 3.20. The molecule has 2 heterocycles. The minimum atomic E-state index is -0.329. The van der Waals surface area contributed by atoms with Gasteiger partial charge >= 0.3 is 0 Å². The molecule has 7 nitrogen and oxygen atoms in total. The predicted octanol–water partition coefficient (Wildman–Crippen LogP) is 4.76. The Morgan fingerprint density at radius 1 is 0.919 bits per heavy atom. The Morgan fingerprint density at radius 2 is 1.65 bits per heavy atom. The lowest BCUT2D eigenvalue weighted by Gasteiger charge is -2.36. The summed E-state index contributed by atoms with van der Waals surface area (Å²) in [4.78, 5) is 44.1. The van der Waals surface area contributed by atoms with Crippen LogP contribution in [0.5, 0.6) is 0 Å². The topological polar surface area (TPSA) is 84.7 Å². The maximum Gasteiger partial charge on any atom is 0.293 e. The summed E-state index contributed by atoms with van der Waals surface area (Å²) in [5, 5.41) is 9.09. The van der Waals surface area contributed by atoms with Crippen molar-refractivity contribution in [2.75, 3.05) is 31.1 Å². The van der Waals surface area contributed by atoms with Gasteiger partial charge in [-0.1, -0.05) is 54.6 Å². The van der Waals surface area contributed by atoms with E-state index in [2.05, 4.69) is 11.0 Å². The second-order valence-electron chi connectivity index (χ2n) is 8.79. The molecule has 0 aromatic heterocycles. The average molecular weight is 509 g/mol. The van der Waals surface area contributed by atoms with Crippen LogP contribution < -0.4 is 4.90 Å². The first kappa shape index (κ1) is 24.3. The van der Waals surface area contributed by atoms with Crippen LogP contribution in [0.15, 0.2) is 83.8 Å². The van der Waals surface area contributed by atoms with Crippen LogP contribution in [0.3, 0.4) is 0 Å². The molecule has 5 rings (SSSR count). The lowest BCUT2D eigenvalue weighted by Crippen LogP contribution is -2.49. The van der Waals surface area contributed by atoms with Gasteiger partial charge < -0.3 is 9.80 Å². The summed E-state index contributed by atoms with van der Waals surface area (Å²) >= 11 is 0.914. The van der Waals surface area contributed by atoms with Gasteiger partial charge in [-0.15, -0.1) is 0 Å². The summed E-state index contributed by atoms with van der Waals surface area (Å²) in [5.74, 6) is -0.412. The molecule has 0 saturated carbocycles. The summed E-state index contributed by atoms with van der Waals surface area (Å²) in [6.07, 6.45) is 1.67. The number of thioether (sulfide) groups is 1. The van der Waals surface area contributed by atoms with Gasteiger partial charge in [0, 0.05) is 31.7 Å². The van der Waals surface area contributed by atoms with Crippen LogP contribution in [0.1, 0.15) is 27.0 Å². The van der Waals surface area contributed by atoms with Crippen molar-refractivity contribution in [3.05, 3.63) is 106 Å². The van der Waals surface area contributed by atoms with Gasteiger partial charge in [-0.25, -0.2) is 0 Å². The zero-order valence-electron chi connectivity index (χ0n) is 20.0. The van der Waals surface area contributed by atoms with Gasteiger partial charge in [0.1, 0.15) is 6.07 Å². The van der Waals surface area contributed by atoms with Crippen molar-refractivity contribution < 1.29 is 14.4 Å². The van der Waals surface area contributed by atoms with Crippen molar-refractivity contribution >= 4 is 40.6 Å². The fraction of sp³-hybridized carbons (Fsp3) is 0.172. The molecule has 2 saturated heterocycles. The van der Waals surface area contributed by atoms with E-state index in [1.807, 2.05) is 54.6 Å². The largest absolute Gasteiger partial charge is 0.367 e. The number of piperazine rings is 1. The van der Waals surface area contributed by atoms with E-state index in [1.165, 1.54) is 4.90 Å². The van der Waals surface area contributed by atoms with E-state index in [9.17, 15) is 19.6 Å². The summed E-state index contributed by atoms with van der Waals surface area (Å²) in [6, 6.07) is 26.2. The van der Waals surface area contributed by atoms with Crippen LogP contribution in [0.2, 0.25) is 0 Å². The van der Waals surface area contributed by atoms with Crippen LogP contribution in [0.4, 0.5) is 10.5 Å². The monoisotopic (exact) mass is 508 g/mol. The van der Waals surface area contributed by atoms with E-state index in [1.54, 1.807) is 35.2 Å². The Labute approximate surface area is 219 Å². The number of nitrogens with zero attached hydrogens (tertiary/aromatic N) is 4. The van der Waals surface area contributed by atoms with Gasteiger partial charge in [-0.05, 0) is 53.2 Å². The minimum absolute atomic E-state index is 0.0827. The molecule has 0 unspecified atom stereocenters. The van der Waals surface area contributed by atoms with E-state index in [0.29, 0.717) is 47.8 Å². The number of amides is 3. The van der Waals surface area contributed by atoms with Crippen LogP contribution in [-0.4, -0.2) is 53.0 Å². The minimum Gasteiger partial charge on any atom is -0.367 e. The molecule has 3 amide bonds. The lowest BCUT2D eigenvalue weighted by atomic mass is 10.1. The van der Waals surface area contributed by atoms with E-state index in [4.69, 9.17) is 0 Å². The zero-order valence-corrected chi connectivity index (χ0v) is 20.9. The quantitative estimate of drug-likeness (QED) is 0.462. The van der Waals surface area contributed by atoms with Crippen molar-refractivity contribution in [1.82, 2.24) is 9.80 Å². The number of benzene rings is 3. The fourth-order valence-electron chi connectivity index (χ4n) is 4.49. The van der Waals surface area contributed by atoms with Gasteiger partial charge in [0.05, 0.1) is 22.7 Å². The third-order valence-corrected chi connectivity index (χ3v) is 7.33. The van der Waals surface area contributed by atoms with Gasteiger partial charge in [-0.2, -0.15) is 5.26 Å². The van der Waals surface area contributed by atoms with E-state index >= 15 is 0 Å². The SMILES string of the molecule is N#Cc1ccccc1N1CCN(C(=O)c2cccc(/C=C3\SC(=O)N(Cc4ccccc4)C3=O)c2)CC1. The first-order valence-corrected chi connectivity index (χ1v) is 12.8. The van der Waals surface area contributed by atoms with Crippen molar-refractivity contribution in [2.45, 2.75) is 6.54 Å². The molecule has 2 aliphatic heterocycles. The van der Waals surface area contributed by atoms with Crippen LogP contribution in [0.25, 0.3) is 6.08 Å². The van der Waals surface area contributed by atoms with Gasteiger partial charge in [-0.3, -0.25) is 19.3 Å². The molecule has 2 fully saturated rings. The number of nitriles is 1. The molecule has 0 N–H and O–H groups in total. The summed E-state index contributed by atoms with van der Waals surface area (Å²) in [6.45, 7) is 2.59. The van der Waals surface area contributed by atoms with Crippen molar-refractivity contribution in [2.24, 2.45) is 0 Å². The fourth-order valence-corrected chi connectivity index (χ4v) is 5.33. The molecular weight excluding hydrogens is 484 g/mol. The van der Waals surface area contributed by atoms with Gasteiger partial charge in [0.15, 0.2) is 0 Å². The molecule has 3 aromatic rings. The summed E-state index contributed by atoms with van der Waals surface area (Å²) in [7, 11) is 0. The number of rotatable bonds is 5. The smallest absolute Gasteiger partial charge is 0.293 e. The van der Waals surface area contributed by atoms with Crippen LogP contribution in [0, 0.1) is 11.3 Å². The Balaban J connectivity index is 1.26.